The summed E-state index contributed by atoms with van der Waals surface area (Å²) in [7, 11) is -3.86. The third-order valence-corrected chi connectivity index (χ3v) is 7.51. The molecule has 2 heterocycles. The van der Waals surface area contributed by atoms with Crippen LogP contribution in [0.5, 0.6) is 0 Å². The number of hydrogen-bond donors (Lipinski definition) is 1. The summed E-state index contributed by atoms with van der Waals surface area (Å²) in [6.45, 7) is 1.90. The van der Waals surface area contributed by atoms with Crippen molar-refractivity contribution in [2.45, 2.75) is 43.5 Å². The maximum absolute atomic E-state index is 12.3. The zero-order valence-electron chi connectivity index (χ0n) is 12.2. The van der Waals surface area contributed by atoms with E-state index in [2.05, 4.69) is 4.72 Å². The lowest BCUT2D eigenvalue weighted by Gasteiger charge is -2.29. The second-order valence-corrected chi connectivity index (χ2v) is 9.61. The highest BCUT2D eigenvalue weighted by molar-refractivity contribution is 8.01. The van der Waals surface area contributed by atoms with Gasteiger partial charge in [0.15, 0.2) is 0 Å². The topological polar surface area (TPSA) is 107 Å². The van der Waals surface area contributed by atoms with E-state index >= 15 is 0 Å². The van der Waals surface area contributed by atoms with Gasteiger partial charge >= 0.3 is 0 Å². The molecule has 120 valence electrons. The SMILES string of the molecule is CC12CCC(=O)N1C(C(=O)NS(=O)(=O)CC1(C#N)CC1)CS2. The Hall–Kier alpha value is -1.27. The third-order valence-electron chi connectivity index (χ3n) is 4.56. The fraction of sp³-hybridized carbons (Fsp3) is 0.769. The van der Waals surface area contributed by atoms with E-state index in [1.54, 1.807) is 0 Å². The minimum Gasteiger partial charge on any atom is -0.315 e. The van der Waals surface area contributed by atoms with Crippen LogP contribution in [-0.2, 0) is 19.6 Å². The number of nitrogens with one attached hydrogen (secondary N) is 1. The summed E-state index contributed by atoms with van der Waals surface area (Å²) in [5.41, 5.74) is -0.839. The predicted octanol–water partition coefficient (Wildman–Crippen LogP) is 0.190. The van der Waals surface area contributed by atoms with E-state index in [4.69, 9.17) is 5.26 Å². The Morgan fingerprint density at radius 2 is 2.18 bits per heavy atom. The number of carbonyl (C=O) groups excluding carboxylic acids is 2. The van der Waals surface area contributed by atoms with Crippen molar-refractivity contribution in [3.8, 4) is 6.07 Å². The second-order valence-electron chi connectivity index (χ2n) is 6.38. The number of fused-ring (bicyclic) bond motifs is 1. The Balaban J connectivity index is 1.70. The minimum atomic E-state index is -3.86. The number of nitriles is 1. The molecule has 3 fully saturated rings. The molecule has 0 aromatic heterocycles. The van der Waals surface area contributed by atoms with Crippen molar-refractivity contribution in [3.05, 3.63) is 0 Å². The van der Waals surface area contributed by atoms with Gasteiger partial charge in [0.2, 0.25) is 15.9 Å². The summed E-state index contributed by atoms with van der Waals surface area (Å²) >= 11 is 1.51. The van der Waals surface area contributed by atoms with Crippen molar-refractivity contribution in [1.29, 1.82) is 5.26 Å². The van der Waals surface area contributed by atoms with Gasteiger partial charge in [0.1, 0.15) is 6.04 Å². The molecule has 2 atom stereocenters. The summed E-state index contributed by atoms with van der Waals surface area (Å²) in [6, 6.07) is 1.25. The van der Waals surface area contributed by atoms with Crippen LogP contribution < -0.4 is 4.72 Å². The summed E-state index contributed by atoms with van der Waals surface area (Å²) < 4.78 is 26.2. The number of hydrogen-bond acceptors (Lipinski definition) is 6. The Labute approximate surface area is 133 Å². The van der Waals surface area contributed by atoms with E-state index in [0.29, 0.717) is 31.4 Å². The van der Waals surface area contributed by atoms with Gasteiger partial charge < -0.3 is 4.90 Å². The van der Waals surface area contributed by atoms with Crippen LogP contribution in [0.4, 0.5) is 0 Å². The zero-order valence-corrected chi connectivity index (χ0v) is 13.8. The second kappa shape index (κ2) is 4.86. The monoisotopic (exact) mass is 343 g/mol. The molecule has 7 nitrogen and oxygen atoms in total. The van der Waals surface area contributed by atoms with Gasteiger partial charge in [-0.15, -0.1) is 11.8 Å². The van der Waals surface area contributed by atoms with Crippen molar-refractivity contribution < 1.29 is 18.0 Å². The molecule has 1 N–H and O–H groups in total. The molecule has 0 aromatic carbocycles. The molecule has 3 rings (SSSR count). The van der Waals surface area contributed by atoms with E-state index in [0.717, 1.165) is 0 Å². The number of rotatable bonds is 4. The molecular weight excluding hydrogens is 326 g/mol. The van der Waals surface area contributed by atoms with Gasteiger partial charge in [0, 0.05) is 12.2 Å². The van der Waals surface area contributed by atoms with Crippen LogP contribution in [0.15, 0.2) is 0 Å². The first kappa shape index (κ1) is 15.6. The molecule has 1 saturated carbocycles. The molecule has 9 heteroatoms. The normalized spacial score (nSPS) is 32.5. The molecular formula is C13H17N3O4S2. The van der Waals surface area contributed by atoms with Crippen LogP contribution in [-0.4, -0.2) is 47.6 Å². The van der Waals surface area contributed by atoms with E-state index < -0.39 is 32.3 Å². The van der Waals surface area contributed by atoms with Crippen LogP contribution in [0.3, 0.4) is 0 Å². The van der Waals surface area contributed by atoms with Crippen LogP contribution in [0.1, 0.15) is 32.6 Å². The van der Waals surface area contributed by atoms with Gasteiger partial charge in [0.05, 0.1) is 22.1 Å². The van der Waals surface area contributed by atoms with Crippen LogP contribution in [0, 0.1) is 16.7 Å². The number of amides is 2. The van der Waals surface area contributed by atoms with Gasteiger partial charge in [-0.3, -0.25) is 14.3 Å². The zero-order chi connectivity index (χ0) is 16.2. The molecule has 0 radical (unpaired) electrons. The molecule has 2 unspecified atom stereocenters. The summed E-state index contributed by atoms with van der Waals surface area (Å²) in [4.78, 5) is 25.4. The van der Waals surface area contributed by atoms with Gasteiger partial charge in [-0.1, -0.05) is 0 Å². The number of nitrogens with zero attached hydrogens (tertiary/aromatic N) is 2. The van der Waals surface area contributed by atoms with Crippen molar-refractivity contribution in [2.24, 2.45) is 5.41 Å². The Morgan fingerprint density at radius 1 is 1.50 bits per heavy atom. The molecule has 0 spiro atoms. The summed E-state index contributed by atoms with van der Waals surface area (Å²) in [5.74, 6) is -0.735. The van der Waals surface area contributed by atoms with Crippen LogP contribution >= 0.6 is 11.8 Å². The largest absolute Gasteiger partial charge is 0.315 e. The average Bonchev–Trinajstić information content (AvgIpc) is 3.00. The molecule has 0 aromatic rings. The molecule has 2 aliphatic heterocycles. The fourth-order valence-corrected chi connectivity index (χ4v) is 6.10. The molecule has 22 heavy (non-hydrogen) atoms. The molecule has 2 saturated heterocycles. The highest BCUT2D eigenvalue weighted by Gasteiger charge is 2.54. The maximum Gasteiger partial charge on any atom is 0.257 e. The van der Waals surface area contributed by atoms with Crippen molar-refractivity contribution in [3.63, 3.8) is 0 Å². The van der Waals surface area contributed by atoms with Gasteiger partial charge in [-0.05, 0) is 26.2 Å². The summed E-state index contributed by atoms with van der Waals surface area (Å²) in [6.07, 6.45) is 2.14. The highest BCUT2D eigenvalue weighted by Crippen LogP contribution is 2.48. The smallest absolute Gasteiger partial charge is 0.257 e. The molecule has 1 aliphatic carbocycles. The first-order chi connectivity index (χ1) is 10.2. The van der Waals surface area contributed by atoms with Gasteiger partial charge in [-0.25, -0.2) is 8.42 Å². The molecule has 3 aliphatic rings. The Bertz CT molecular complexity index is 680. The van der Waals surface area contributed by atoms with E-state index in [-0.39, 0.29) is 11.7 Å². The fourth-order valence-electron chi connectivity index (χ4n) is 3.08. The first-order valence-electron chi connectivity index (χ1n) is 7.12. The van der Waals surface area contributed by atoms with E-state index in [1.165, 1.54) is 16.7 Å². The Morgan fingerprint density at radius 3 is 2.77 bits per heavy atom. The lowest BCUT2D eigenvalue weighted by atomic mass is 10.2. The van der Waals surface area contributed by atoms with Crippen LogP contribution in [0.2, 0.25) is 0 Å². The minimum absolute atomic E-state index is 0.110. The Kier molecular flexibility index (Phi) is 3.45. The highest BCUT2D eigenvalue weighted by atomic mass is 32.2. The van der Waals surface area contributed by atoms with E-state index in [9.17, 15) is 18.0 Å². The van der Waals surface area contributed by atoms with Gasteiger partial charge in [-0.2, -0.15) is 5.26 Å². The van der Waals surface area contributed by atoms with Crippen molar-refractivity contribution >= 4 is 33.6 Å². The van der Waals surface area contributed by atoms with Crippen molar-refractivity contribution in [1.82, 2.24) is 9.62 Å². The molecule has 0 bridgehead atoms. The quantitative estimate of drug-likeness (QED) is 0.781. The van der Waals surface area contributed by atoms with E-state index in [1.807, 2.05) is 13.0 Å². The standard InChI is InChI=1S/C13H17N3O4S2/c1-12-3-2-10(17)16(12)9(6-21-12)11(18)15-22(19,20)8-13(7-14)4-5-13/h9H,2-6,8H2,1H3,(H,15,18). The number of carbonyl (C=O) groups is 2. The third kappa shape index (κ3) is 2.58. The lowest BCUT2D eigenvalue weighted by Crippen LogP contribution is -2.51. The van der Waals surface area contributed by atoms with Crippen LogP contribution in [0.25, 0.3) is 0 Å². The lowest BCUT2D eigenvalue weighted by molar-refractivity contribution is -0.137. The average molecular weight is 343 g/mol. The number of sulfonamides is 1. The molecule has 2 amide bonds. The predicted molar refractivity (Wildman–Crippen MR) is 79.9 cm³/mol. The number of thioether (sulfide) groups is 1. The summed E-state index contributed by atoms with van der Waals surface area (Å²) in [5, 5.41) is 8.97. The van der Waals surface area contributed by atoms with Gasteiger partial charge in [0.25, 0.3) is 5.91 Å². The maximum atomic E-state index is 12.3. The van der Waals surface area contributed by atoms with Crippen molar-refractivity contribution in [2.75, 3.05) is 11.5 Å². The first-order valence-corrected chi connectivity index (χ1v) is 9.76.